The van der Waals surface area contributed by atoms with Crippen LogP contribution in [0.2, 0.25) is 0 Å². The first-order valence-electron chi connectivity index (χ1n) is 4.23. The summed E-state index contributed by atoms with van der Waals surface area (Å²) in [6.45, 7) is 3.00. The molecule has 1 atom stereocenters. The molecule has 0 saturated carbocycles. The van der Waals surface area contributed by atoms with Crippen LogP contribution < -0.4 is 11.5 Å². The Labute approximate surface area is 72.2 Å². The lowest BCUT2D eigenvalue weighted by atomic mass is 9.74. The highest BCUT2D eigenvalue weighted by atomic mass is 16.5. The molecule has 1 amide bonds. The normalized spacial score (nSPS) is 24.8. The van der Waals surface area contributed by atoms with Crippen molar-refractivity contribution in [3.63, 3.8) is 0 Å². The minimum atomic E-state index is -0.530. The van der Waals surface area contributed by atoms with E-state index in [2.05, 4.69) is 0 Å². The fourth-order valence-electron chi connectivity index (χ4n) is 1.66. The lowest BCUT2D eigenvalue weighted by molar-refractivity contribution is -0.134. The smallest absolute Gasteiger partial charge is 0.225 e. The molecule has 1 fully saturated rings. The third-order valence-electron chi connectivity index (χ3n) is 2.75. The topological polar surface area (TPSA) is 78.3 Å². The highest BCUT2D eigenvalue weighted by Crippen LogP contribution is 2.32. The van der Waals surface area contributed by atoms with Crippen molar-refractivity contribution in [1.29, 1.82) is 0 Å². The molecule has 0 aromatic heterocycles. The maximum atomic E-state index is 11.2. The van der Waals surface area contributed by atoms with Gasteiger partial charge in [0.1, 0.15) is 0 Å². The van der Waals surface area contributed by atoms with E-state index in [1.807, 2.05) is 6.92 Å². The Kier molecular flexibility index (Phi) is 2.69. The summed E-state index contributed by atoms with van der Waals surface area (Å²) in [6, 6.07) is -0.182. The third-order valence-corrected chi connectivity index (χ3v) is 2.75. The van der Waals surface area contributed by atoms with Gasteiger partial charge in [-0.15, -0.1) is 0 Å². The van der Waals surface area contributed by atoms with E-state index in [9.17, 15) is 4.79 Å². The zero-order valence-corrected chi connectivity index (χ0v) is 7.38. The highest BCUT2D eigenvalue weighted by molar-refractivity contribution is 5.81. The van der Waals surface area contributed by atoms with Gasteiger partial charge >= 0.3 is 0 Å². The number of hydrogen-bond donors (Lipinski definition) is 2. The van der Waals surface area contributed by atoms with Gasteiger partial charge in [-0.1, -0.05) is 0 Å². The maximum absolute atomic E-state index is 11.2. The summed E-state index contributed by atoms with van der Waals surface area (Å²) >= 11 is 0. The van der Waals surface area contributed by atoms with Crippen LogP contribution in [0.15, 0.2) is 0 Å². The molecule has 1 aliphatic rings. The first-order chi connectivity index (χ1) is 5.59. The molecular formula is C8H16N2O2. The molecule has 70 valence electrons. The van der Waals surface area contributed by atoms with Crippen LogP contribution in [0, 0.1) is 5.41 Å². The van der Waals surface area contributed by atoms with Crippen LogP contribution in [-0.4, -0.2) is 25.2 Å². The average Bonchev–Trinajstić information content (AvgIpc) is 2.05. The molecule has 0 radical (unpaired) electrons. The van der Waals surface area contributed by atoms with E-state index in [0.29, 0.717) is 26.1 Å². The number of carbonyl (C=O) groups excluding carboxylic acids is 1. The van der Waals surface area contributed by atoms with Crippen molar-refractivity contribution in [2.75, 3.05) is 13.2 Å². The Bertz CT molecular complexity index is 174. The second-order valence-corrected chi connectivity index (χ2v) is 3.42. The highest BCUT2D eigenvalue weighted by Gasteiger charge is 2.41. The van der Waals surface area contributed by atoms with Crippen molar-refractivity contribution in [3.8, 4) is 0 Å². The average molecular weight is 172 g/mol. The van der Waals surface area contributed by atoms with Crippen LogP contribution >= 0.6 is 0 Å². The van der Waals surface area contributed by atoms with Crippen molar-refractivity contribution in [3.05, 3.63) is 0 Å². The minimum Gasteiger partial charge on any atom is -0.381 e. The van der Waals surface area contributed by atoms with E-state index in [1.54, 1.807) is 0 Å². The summed E-state index contributed by atoms with van der Waals surface area (Å²) in [5, 5.41) is 0. The van der Waals surface area contributed by atoms with Crippen LogP contribution in [0.4, 0.5) is 0 Å². The Hall–Kier alpha value is -0.610. The monoisotopic (exact) mass is 172 g/mol. The molecule has 4 N–H and O–H groups in total. The Morgan fingerprint density at radius 3 is 2.25 bits per heavy atom. The zero-order valence-electron chi connectivity index (χ0n) is 7.38. The minimum absolute atomic E-state index is 0.182. The summed E-state index contributed by atoms with van der Waals surface area (Å²) in [4.78, 5) is 11.2. The van der Waals surface area contributed by atoms with E-state index in [-0.39, 0.29) is 11.9 Å². The lowest BCUT2D eigenvalue weighted by Crippen LogP contribution is -2.52. The Morgan fingerprint density at radius 2 is 2.00 bits per heavy atom. The van der Waals surface area contributed by atoms with Crippen molar-refractivity contribution >= 4 is 5.91 Å². The molecule has 1 aliphatic heterocycles. The molecule has 0 bridgehead atoms. The number of ether oxygens (including phenoxy) is 1. The molecule has 0 spiro atoms. The lowest BCUT2D eigenvalue weighted by Gasteiger charge is -2.37. The van der Waals surface area contributed by atoms with E-state index in [0.717, 1.165) is 0 Å². The van der Waals surface area contributed by atoms with E-state index in [4.69, 9.17) is 16.2 Å². The molecule has 1 saturated heterocycles. The Balaban J connectivity index is 2.77. The first kappa shape index (κ1) is 9.48. The number of rotatable bonds is 2. The zero-order chi connectivity index (χ0) is 9.19. The predicted molar refractivity (Wildman–Crippen MR) is 45.3 cm³/mol. The summed E-state index contributed by atoms with van der Waals surface area (Å²) in [5.74, 6) is -0.291. The van der Waals surface area contributed by atoms with Gasteiger partial charge in [-0.3, -0.25) is 4.79 Å². The second kappa shape index (κ2) is 3.41. The van der Waals surface area contributed by atoms with Crippen LogP contribution in [0.5, 0.6) is 0 Å². The molecule has 1 heterocycles. The van der Waals surface area contributed by atoms with Crippen LogP contribution in [0.1, 0.15) is 19.8 Å². The van der Waals surface area contributed by atoms with E-state index in [1.165, 1.54) is 0 Å². The van der Waals surface area contributed by atoms with Gasteiger partial charge in [0.25, 0.3) is 0 Å². The largest absolute Gasteiger partial charge is 0.381 e. The molecule has 1 rings (SSSR count). The maximum Gasteiger partial charge on any atom is 0.225 e. The quantitative estimate of drug-likeness (QED) is 0.595. The summed E-state index contributed by atoms with van der Waals surface area (Å²) < 4.78 is 5.16. The fourth-order valence-corrected chi connectivity index (χ4v) is 1.66. The van der Waals surface area contributed by atoms with Gasteiger partial charge in [0, 0.05) is 19.3 Å². The molecule has 0 aromatic rings. The van der Waals surface area contributed by atoms with Gasteiger partial charge in [-0.2, -0.15) is 0 Å². The summed E-state index contributed by atoms with van der Waals surface area (Å²) in [7, 11) is 0. The molecule has 0 aromatic carbocycles. The van der Waals surface area contributed by atoms with Gasteiger partial charge in [0.15, 0.2) is 0 Å². The van der Waals surface area contributed by atoms with E-state index < -0.39 is 5.41 Å². The number of amides is 1. The molecular weight excluding hydrogens is 156 g/mol. The predicted octanol–water partition coefficient (Wildman–Crippen LogP) is -0.384. The SMILES string of the molecule is CC(N)C1(C(N)=O)CCOCC1. The van der Waals surface area contributed by atoms with Crippen molar-refractivity contribution in [1.82, 2.24) is 0 Å². The van der Waals surface area contributed by atoms with Crippen molar-refractivity contribution < 1.29 is 9.53 Å². The van der Waals surface area contributed by atoms with Crippen molar-refractivity contribution in [2.45, 2.75) is 25.8 Å². The van der Waals surface area contributed by atoms with Gasteiger partial charge in [0.05, 0.1) is 5.41 Å². The molecule has 1 unspecified atom stereocenters. The fraction of sp³-hybridized carbons (Fsp3) is 0.875. The molecule has 4 heteroatoms. The number of primary amides is 1. The molecule has 0 aliphatic carbocycles. The summed E-state index contributed by atoms with van der Waals surface area (Å²) in [6.07, 6.45) is 1.31. The van der Waals surface area contributed by atoms with Crippen LogP contribution in [0.25, 0.3) is 0 Å². The first-order valence-corrected chi connectivity index (χ1v) is 4.23. The number of hydrogen-bond acceptors (Lipinski definition) is 3. The summed E-state index contributed by atoms with van der Waals surface area (Å²) in [5.41, 5.74) is 10.5. The molecule has 4 nitrogen and oxygen atoms in total. The van der Waals surface area contributed by atoms with Crippen LogP contribution in [-0.2, 0) is 9.53 Å². The number of nitrogens with two attached hydrogens (primary N) is 2. The van der Waals surface area contributed by atoms with Gasteiger partial charge in [-0.25, -0.2) is 0 Å². The third kappa shape index (κ3) is 1.44. The van der Waals surface area contributed by atoms with Crippen molar-refractivity contribution in [2.24, 2.45) is 16.9 Å². The Morgan fingerprint density at radius 1 is 1.50 bits per heavy atom. The standard InChI is InChI=1S/C8H16N2O2/c1-6(9)8(7(10)11)2-4-12-5-3-8/h6H,2-5,9H2,1H3,(H2,10,11). The van der Waals surface area contributed by atoms with Gasteiger partial charge < -0.3 is 16.2 Å². The number of carbonyl (C=O) groups is 1. The van der Waals surface area contributed by atoms with Crippen LogP contribution in [0.3, 0.4) is 0 Å². The van der Waals surface area contributed by atoms with Gasteiger partial charge in [-0.05, 0) is 19.8 Å². The van der Waals surface area contributed by atoms with E-state index >= 15 is 0 Å². The van der Waals surface area contributed by atoms with Gasteiger partial charge in [0.2, 0.25) is 5.91 Å². The molecule has 12 heavy (non-hydrogen) atoms. The second-order valence-electron chi connectivity index (χ2n) is 3.42.